The van der Waals surface area contributed by atoms with Crippen LogP contribution >= 0.6 is 11.6 Å². The van der Waals surface area contributed by atoms with Crippen LogP contribution in [0, 0.1) is 0 Å². The molecule has 108 valence electrons. The van der Waals surface area contributed by atoms with Crippen molar-refractivity contribution in [2.75, 3.05) is 6.61 Å². The number of H-pyrrole nitrogens is 1. The second-order valence-corrected chi connectivity index (χ2v) is 4.80. The van der Waals surface area contributed by atoms with E-state index in [1.807, 2.05) is 0 Å². The molecule has 21 heavy (non-hydrogen) atoms. The van der Waals surface area contributed by atoms with E-state index in [9.17, 15) is 14.4 Å². The molecule has 1 aromatic heterocycles. The smallest absolute Gasteiger partial charge is 0.355 e. The fourth-order valence-electron chi connectivity index (χ4n) is 1.64. The lowest BCUT2D eigenvalue weighted by Gasteiger charge is -2.03. The lowest BCUT2D eigenvalue weighted by atomic mass is 10.1. The summed E-state index contributed by atoms with van der Waals surface area (Å²) >= 11 is 5.72. The molecule has 0 spiro atoms. The molecule has 1 heterocycles. The topological polar surface area (TPSA) is 76.2 Å². The van der Waals surface area contributed by atoms with E-state index in [1.165, 1.54) is 19.2 Å². The molecule has 0 saturated carbocycles. The van der Waals surface area contributed by atoms with Gasteiger partial charge in [0.2, 0.25) is 0 Å². The molecular weight excluding hydrogens is 294 g/mol. The first-order chi connectivity index (χ1) is 9.97. The van der Waals surface area contributed by atoms with Gasteiger partial charge in [0.25, 0.3) is 0 Å². The van der Waals surface area contributed by atoms with E-state index >= 15 is 0 Å². The fourth-order valence-corrected chi connectivity index (χ4v) is 1.77. The number of benzene rings is 1. The number of ether oxygens (including phenoxy) is 1. The summed E-state index contributed by atoms with van der Waals surface area (Å²) in [4.78, 5) is 37.3. The van der Waals surface area contributed by atoms with Gasteiger partial charge in [0.05, 0.1) is 0 Å². The van der Waals surface area contributed by atoms with Crippen LogP contribution in [0.2, 0.25) is 5.02 Å². The summed E-state index contributed by atoms with van der Waals surface area (Å²) in [6.45, 7) is 1.01. The third-order valence-electron chi connectivity index (χ3n) is 2.81. The third-order valence-corrected chi connectivity index (χ3v) is 3.06. The number of aromatic nitrogens is 1. The van der Waals surface area contributed by atoms with E-state index in [0.717, 1.165) is 0 Å². The molecule has 0 aliphatic rings. The average molecular weight is 306 g/mol. The highest BCUT2D eigenvalue weighted by atomic mass is 35.5. The van der Waals surface area contributed by atoms with E-state index < -0.39 is 5.97 Å². The van der Waals surface area contributed by atoms with Crippen LogP contribution in [0.15, 0.2) is 36.5 Å². The Balaban J connectivity index is 1.95. The highest BCUT2D eigenvalue weighted by Gasteiger charge is 2.14. The summed E-state index contributed by atoms with van der Waals surface area (Å²) < 4.78 is 4.90. The summed E-state index contributed by atoms with van der Waals surface area (Å²) in [7, 11) is 0. The van der Waals surface area contributed by atoms with Crippen LogP contribution < -0.4 is 0 Å². The minimum atomic E-state index is -0.690. The van der Waals surface area contributed by atoms with Gasteiger partial charge in [-0.25, -0.2) is 4.79 Å². The van der Waals surface area contributed by atoms with Crippen LogP contribution in [-0.4, -0.2) is 29.1 Å². The third kappa shape index (κ3) is 3.79. The lowest BCUT2D eigenvalue weighted by molar-refractivity contribution is 0.0469. The van der Waals surface area contributed by atoms with Crippen LogP contribution in [0.3, 0.4) is 0 Å². The molecule has 0 unspecified atom stereocenters. The number of rotatable bonds is 5. The van der Waals surface area contributed by atoms with Crippen LogP contribution in [-0.2, 0) is 4.74 Å². The van der Waals surface area contributed by atoms with E-state index in [4.69, 9.17) is 16.3 Å². The molecule has 0 fully saturated rings. The Morgan fingerprint density at radius 2 is 1.81 bits per heavy atom. The second-order valence-electron chi connectivity index (χ2n) is 4.36. The number of hydrogen-bond acceptors (Lipinski definition) is 4. The van der Waals surface area contributed by atoms with Crippen LogP contribution in [0.1, 0.15) is 38.1 Å². The summed E-state index contributed by atoms with van der Waals surface area (Å²) in [5.41, 5.74) is 0.915. The van der Waals surface area contributed by atoms with Crippen LogP contribution in [0.25, 0.3) is 0 Å². The van der Waals surface area contributed by atoms with Crippen molar-refractivity contribution in [2.45, 2.75) is 6.92 Å². The number of aromatic amines is 1. The molecule has 0 aliphatic heterocycles. The number of hydrogen-bond donors (Lipinski definition) is 1. The predicted molar refractivity (Wildman–Crippen MR) is 76.9 cm³/mol. The normalized spacial score (nSPS) is 10.2. The maximum Gasteiger partial charge on any atom is 0.355 e. The van der Waals surface area contributed by atoms with Crippen molar-refractivity contribution < 1.29 is 19.1 Å². The zero-order chi connectivity index (χ0) is 15.4. The van der Waals surface area contributed by atoms with Gasteiger partial charge in [0.1, 0.15) is 5.69 Å². The predicted octanol–water partition coefficient (Wildman–Crippen LogP) is 2.91. The summed E-state index contributed by atoms with van der Waals surface area (Å²) in [6.07, 6.45) is 1.42. The Bertz CT molecular complexity index is 688. The Morgan fingerprint density at radius 3 is 2.38 bits per heavy atom. The van der Waals surface area contributed by atoms with Gasteiger partial charge < -0.3 is 9.72 Å². The molecule has 0 amide bonds. The van der Waals surface area contributed by atoms with E-state index in [2.05, 4.69) is 4.98 Å². The SMILES string of the molecule is CC(=O)c1c[nH]c(C(=O)OCC(=O)c2ccc(Cl)cc2)c1. The van der Waals surface area contributed by atoms with E-state index in [0.29, 0.717) is 16.1 Å². The first kappa shape index (κ1) is 15.0. The van der Waals surface area contributed by atoms with Gasteiger partial charge in [-0.1, -0.05) is 11.6 Å². The van der Waals surface area contributed by atoms with Crippen molar-refractivity contribution in [2.24, 2.45) is 0 Å². The molecule has 0 saturated heterocycles. The maximum absolute atomic E-state index is 11.8. The van der Waals surface area contributed by atoms with E-state index in [-0.39, 0.29) is 23.9 Å². The van der Waals surface area contributed by atoms with Gasteiger partial charge in [-0.2, -0.15) is 0 Å². The molecule has 0 bridgehead atoms. The van der Waals surface area contributed by atoms with Crippen molar-refractivity contribution in [1.29, 1.82) is 0 Å². The van der Waals surface area contributed by atoms with Crippen molar-refractivity contribution in [3.05, 3.63) is 58.4 Å². The minimum Gasteiger partial charge on any atom is -0.453 e. The zero-order valence-corrected chi connectivity index (χ0v) is 11.9. The van der Waals surface area contributed by atoms with Crippen molar-refractivity contribution >= 4 is 29.1 Å². The van der Waals surface area contributed by atoms with Gasteiger partial charge in [-0.3, -0.25) is 9.59 Å². The summed E-state index contributed by atoms with van der Waals surface area (Å²) in [5.74, 6) is -1.19. The Kier molecular flexibility index (Phi) is 4.55. The molecule has 0 aliphatic carbocycles. The standard InChI is InChI=1S/C15H12ClNO4/c1-9(18)11-6-13(17-7-11)15(20)21-8-14(19)10-2-4-12(16)5-3-10/h2-7,17H,8H2,1H3. The van der Waals surface area contributed by atoms with Crippen molar-refractivity contribution in [3.8, 4) is 0 Å². The minimum absolute atomic E-state index is 0.129. The van der Waals surface area contributed by atoms with Gasteiger partial charge in [0.15, 0.2) is 18.2 Å². The molecule has 6 heteroatoms. The van der Waals surface area contributed by atoms with Gasteiger partial charge >= 0.3 is 5.97 Å². The molecule has 2 aromatic rings. The Hall–Kier alpha value is -2.40. The number of carbonyl (C=O) groups excluding carboxylic acids is 3. The van der Waals surface area contributed by atoms with Crippen LogP contribution in [0.5, 0.6) is 0 Å². The number of Topliss-reactive ketones (excluding diaryl/α,β-unsaturated/α-hetero) is 2. The molecule has 1 aromatic carbocycles. The average Bonchev–Trinajstić information content (AvgIpc) is 2.95. The monoisotopic (exact) mass is 305 g/mol. The van der Waals surface area contributed by atoms with Gasteiger partial charge in [-0.05, 0) is 37.3 Å². The highest BCUT2D eigenvalue weighted by Crippen LogP contribution is 2.11. The first-order valence-electron chi connectivity index (χ1n) is 6.12. The quantitative estimate of drug-likeness (QED) is 0.680. The molecule has 0 atom stereocenters. The highest BCUT2D eigenvalue weighted by molar-refractivity contribution is 6.30. The van der Waals surface area contributed by atoms with Gasteiger partial charge in [0, 0.05) is 22.3 Å². The number of carbonyl (C=O) groups is 3. The molecule has 1 N–H and O–H groups in total. The lowest BCUT2D eigenvalue weighted by Crippen LogP contribution is -2.14. The molecule has 5 nitrogen and oxygen atoms in total. The van der Waals surface area contributed by atoms with Gasteiger partial charge in [-0.15, -0.1) is 0 Å². The number of halogens is 1. The maximum atomic E-state index is 11.8. The number of esters is 1. The van der Waals surface area contributed by atoms with Crippen molar-refractivity contribution in [1.82, 2.24) is 4.98 Å². The zero-order valence-electron chi connectivity index (χ0n) is 11.2. The summed E-state index contributed by atoms with van der Waals surface area (Å²) in [6, 6.07) is 7.67. The number of nitrogens with one attached hydrogen (secondary N) is 1. The van der Waals surface area contributed by atoms with E-state index in [1.54, 1.807) is 24.3 Å². The summed E-state index contributed by atoms with van der Waals surface area (Å²) in [5, 5.41) is 0.520. The Morgan fingerprint density at radius 1 is 1.14 bits per heavy atom. The van der Waals surface area contributed by atoms with Crippen molar-refractivity contribution in [3.63, 3.8) is 0 Å². The molecule has 0 radical (unpaired) electrons. The fraction of sp³-hybridized carbons (Fsp3) is 0.133. The van der Waals surface area contributed by atoms with Crippen LogP contribution in [0.4, 0.5) is 0 Å². The molecule has 2 rings (SSSR count). The number of ketones is 2. The Labute approximate surface area is 125 Å². The first-order valence-corrected chi connectivity index (χ1v) is 6.50. The largest absolute Gasteiger partial charge is 0.453 e. The molecular formula is C15H12ClNO4. The second kappa shape index (κ2) is 6.37.